The first kappa shape index (κ1) is 16.5. The lowest BCUT2D eigenvalue weighted by Gasteiger charge is -2.08. The Bertz CT molecular complexity index is 1180. The first-order valence-electron chi connectivity index (χ1n) is 8.37. The van der Waals surface area contributed by atoms with Gasteiger partial charge in [-0.05, 0) is 41.3 Å². The number of imidazole rings is 1. The normalized spacial score (nSPS) is 19.7. The largest absolute Gasteiger partial charge is 0.433 e. The molecule has 1 aliphatic carbocycles. The highest BCUT2D eigenvalue weighted by molar-refractivity contribution is 6.29. The summed E-state index contributed by atoms with van der Waals surface area (Å²) >= 11 is 6.11. The minimum Gasteiger partial charge on any atom is -0.251 e. The molecule has 8 heteroatoms. The minimum atomic E-state index is -4.45. The van der Waals surface area contributed by atoms with Crippen LogP contribution in [0.4, 0.5) is 13.2 Å². The predicted molar refractivity (Wildman–Crippen MR) is 94.8 cm³/mol. The van der Waals surface area contributed by atoms with Crippen LogP contribution < -0.4 is 0 Å². The summed E-state index contributed by atoms with van der Waals surface area (Å²) in [5.74, 6) is 0.438. The number of hydrogen-bond donors (Lipinski definition) is 0. The molecule has 1 fully saturated rings. The Kier molecular flexibility index (Phi) is 3.46. The second kappa shape index (κ2) is 5.66. The molecule has 0 amide bonds. The van der Waals surface area contributed by atoms with Crippen LogP contribution in [-0.4, -0.2) is 19.6 Å². The highest BCUT2D eigenvalue weighted by Gasteiger charge is 2.41. The lowest BCUT2D eigenvalue weighted by Crippen LogP contribution is -2.07. The second-order valence-electron chi connectivity index (χ2n) is 6.74. The summed E-state index contributed by atoms with van der Waals surface area (Å²) < 4.78 is 40.5. The van der Waals surface area contributed by atoms with Gasteiger partial charge in [0, 0.05) is 29.5 Å². The molecule has 0 unspecified atom stereocenters. The van der Waals surface area contributed by atoms with Crippen LogP contribution in [0.25, 0.3) is 16.4 Å². The third-order valence-electron chi connectivity index (χ3n) is 5.01. The smallest absolute Gasteiger partial charge is 0.251 e. The van der Waals surface area contributed by atoms with Crippen molar-refractivity contribution in [3.8, 4) is 0 Å². The zero-order valence-corrected chi connectivity index (χ0v) is 14.5. The minimum absolute atomic E-state index is 0.218. The number of alkyl halides is 3. The molecule has 0 N–H and O–H groups in total. The van der Waals surface area contributed by atoms with E-state index in [1.807, 2.05) is 24.3 Å². The van der Waals surface area contributed by atoms with Crippen LogP contribution in [0.1, 0.15) is 35.1 Å². The first-order valence-corrected chi connectivity index (χ1v) is 8.74. The van der Waals surface area contributed by atoms with Crippen LogP contribution in [0.3, 0.4) is 0 Å². The number of rotatable bonds is 2. The van der Waals surface area contributed by atoms with Crippen molar-refractivity contribution in [3.63, 3.8) is 0 Å². The average Bonchev–Trinajstić information content (AvgIpc) is 3.29. The van der Waals surface area contributed by atoms with E-state index in [0.717, 1.165) is 29.3 Å². The van der Waals surface area contributed by atoms with Crippen molar-refractivity contribution in [1.29, 1.82) is 0 Å². The van der Waals surface area contributed by atoms with Gasteiger partial charge >= 0.3 is 6.18 Å². The SMILES string of the molecule is FC(F)(F)c1cc2cc([C@H]3C[C@@H]3c3cc(Cl)nn4ccnc34)ccc2cn1. The van der Waals surface area contributed by atoms with Gasteiger partial charge in [-0.3, -0.25) is 4.98 Å². The van der Waals surface area contributed by atoms with Gasteiger partial charge in [0.05, 0.1) is 0 Å². The number of halogens is 4. The Morgan fingerprint density at radius 1 is 1.04 bits per heavy atom. The topological polar surface area (TPSA) is 43.1 Å². The number of aromatic nitrogens is 4. The van der Waals surface area contributed by atoms with Crippen molar-refractivity contribution in [1.82, 2.24) is 19.6 Å². The van der Waals surface area contributed by atoms with Gasteiger partial charge < -0.3 is 0 Å². The van der Waals surface area contributed by atoms with E-state index in [9.17, 15) is 13.2 Å². The Morgan fingerprint density at radius 2 is 1.89 bits per heavy atom. The maximum absolute atomic E-state index is 12.9. The van der Waals surface area contributed by atoms with Crippen molar-refractivity contribution < 1.29 is 13.2 Å². The molecule has 4 nitrogen and oxygen atoms in total. The summed E-state index contributed by atoms with van der Waals surface area (Å²) in [5, 5.41) is 5.80. The third kappa shape index (κ3) is 2.82. The second-order valence-corrected chi connectivity index (χ2v) is 7.13. The van der Waals surface area contributed by atoms with Gasteiger partial charge in [0.2, 0.25) is 0 Å². The summed E-state index contributed by atoms with van der Waals surface area (Å²) in [4.78, 5) is 7.86. The molecule has 3 heterocycles. The summed E-state index contributed by atoms with van der Waals surface area (Å²) in [5.41, 5.74) is 1.90. The van der Waals surface area contributed by atoms with Gasteiger partial charge in [0.1, 0.15) is 10.8 Å². The summed E-state index contributed by atoms with van der Waals surface area (Å²) in [6.07, 6.45) is 1.12. The molecule has 1 saturated carbocycles. The van der Waals surface area contributed by atoms with Crippen LogP contribution in [0.2, 0.25) is 5.15 Å². The van der Waals surface area contributed by atoms with Crippen LogP contribution in [0.15, 0.2) is 48.9 Å². The van der Waals surface area contributed by atoms with Gasteiger partial charge in [0.15, 0.2) is 5.65 Å². The fourth-order valence-corrected chi connectivity index (χ4v) is 3.83. The zero-order chi connectivity index (χ0) is 18.8. The summed E-state index contributed by atoms with van der Waals surface area (Å²) in [6.45, 7) is 0. The van der Waals surface area contributed by atoms with E-state index < -0.39 is 11.9 Å². The van der Waals surface area contributed by atoms with Crippen LogP contribution >= 0.6 is 11.6 Å². The molecule has 5 rings (SSSR count). The molecule has 0 bridgehead atoms. The molecule has 4 aromatic rings. The van der Waals surface area contributed by atoms with Crippen molar-refractivity contribution in [2.45, 2.75) is 24.4 Å². The first-order chi connectivity index (χ1) is 12.9. The van der Waals surface area contributed by atoms with E-state index >= 15 is 0 Å². The van der Waals surface area contributed by atoms with E-state index in [1.54, 1.807) is 16.9 Å². The number of fused-ring (bicyclic) bond motifs is 2. The predicted octanol–water partition coefficient (Wildman–Crippen LogP) is 5.22. The molecule has 0 radical (unpaired) electrons. The lowest BCUT2D eigenvalue weighted by atomic mass is 10.0. The number of pyridine rings is 1. The molecule has 3 aromatic heterocycles. The molecular weight excluding hydrogens is 377 g/mol. The Morgan fingerprint density at radius 3 is 2.70 bits per heavy atom. The molecular formula is C19H12ClF3N4. The molecule has 136 valence electrons. The van der Waals surface area contributed by atoms with Crippen LogP contribution in [0.5, 0.6) is 0 Å². The quantitative estimate of drug-likeness (QED) is 0.473. The van der Waals surface area contributed by atoms with E-state index in [1.165, 1.54) is 6.20 Å². The maximum atomic E-state index is 12.9. The highest BCUT2D eigenvalue weighted by atomic mass is 35.5. The standard InChI is InChI=1S/C19H12ClF3N4/c20-17-8-15(18-24-3-4-27(18)26-17)14-7-13(14)10-1-2-11-9-25-16(19(21,22)23)6-12(11)5-10/h1-6,8-9,13-14H,7H2/t13-,14+/m1/s1. The Balaban J connectivity index is 1.52. The van der Waals surface area contributed by atoms with Gasteiger partial charge in [-0.25, -0.2) is 9.50 Å². The van der Waals surface area contributed by atoms with Crippen molar-refractivity contribution in [2.24, 2.45) is 0 Å². The van der Waals surface area contributed by atoms with E-state index in [0.29, 0.717) is 15.9 Å². The fourth-order valence-electron chi connectivity index (χ4n) is 3.63. The van der Waals surface area contributed by atoms with E-state index in [4.69, 9.17) is 11.6 Å². The van der Waals surface area contributed by atoms with Gasteiger partial charge in [-0.15, -0.1) is 0 Å². The van der Waals surface area contributed by atoms with E-state index in [-0.39, 0.29) is 11.8 Å². The van der Waals surface area contributed by atoms with Gasteiger partial charge in [0.25, 0.3) is 0 Å². The molecule has 2 atom stereocenters. The molecule has 1 aromatic carbocycles. The summed E-state index contributed by atoms with van der Waals surface area (Å²) in [6, 6.07) is 8.52. The monoisotopic (exact) mass is 388 g/mol. The summed E-state index contributed by atoms with van der Waals surface area (Å²) in [7, 11) is 0. The number of nitrogens with zero attached hydrogens (tertiary/aromatic N) is 4. The van der Waals surface area contributed by atoms with Crippen LogP contribution in [0, 0.1) is 0 Å². The van der Waals surface area contributed by atoms with Crippen molar-refractivity contribution in [3.05, 3.63) is 70.9 Å². The lowest BCUT2D eigenvalue weighted by molar-refractivity contribution is -0.141. The Labute approximate surface area is 156 Å². The molecule has 0 aliphatic heterocycles. The van der Waals surface area contributed by atoms with E-state index in [2.05, 4.69) is 15.1 Å². The molecule has 1 aliphatic rings. The molecule has 0 spiro atoms. The van der Waals surface area contributed by atoms with Gasteiger partial charge in [-0.1, -0.05) is 29.8 Å². The Hall–Kier alpha value is -2.67. The fraction of sp³-hybridized carbons (Fsp3) is 0.211. The number of hydrogen-bond acceptors (Lipinski definition) is 3. The third-order valence-corrected chi connectivity index (χ3v) is 5.20. The molecule has 0 saturated heterocycles. The van der Waals surface area contributed by atoms with Crippen LogP contribution in [-0.2, 0) is 6.18 Å². The maximum Gasteiger partial charge on any atom is 0.433 e. The van der Waals surface area contributed by atoms with Crippen molar-refractivity contribution >= 4 is 28.0 Å². The van der Waals surface area contributed by atoms with Crippen molar-refractivity contribution in [2.75, 3.05) is 0 Å². The molecule has 27 heavy (non-hydrogen) atoms. The average molecular weight is 389 g/mol. The highest BCUT2D eigenvalue weighted by Crippen LogP contribution is 2.55. The van der Waals surface area contributed by atoms with Gasteiger partial charge in [-0.2, -0.15) is 18.3 Å². The number of benzene rings is 1. The zero-order valence-electron chi connectivity index (χ0n) is 13.8.